The van der Waals surface area contributed by atoms with Crippen LogP contribution in [0.2, 0.25) is 0 Å². The summed E-state index contributed by atoms with van der Waals surface area (Å²) in [7, 11) is 1.64. The van der Waals surface area contributed by atoms with Crippen molar-refractivity contribution in [2.75, 3.05) is 7.05 Å². The lowest BCUT2D eigenvalue weighted by Crippen LogP contribution is -2.52. The van der Waals surface area contributed by atoms with Gasteiger partial charge in [-0.05, 0) is 77.8 Å². The van der Waals surface area contributed by atoms with Gasteiger partial charge < -0.3 is 5.73 Å². The smallest absolute Gasteiger partial charge is 0.239 e. The van der Waals surface area contributed by atoms with Crippen molar-refractivity contribution in [3.8, 4) is 17.2 Å². The number of carbonyl (C=O) groups is 1. The van der Waals surface area contributed by atoms with E-state index in [1.807, 2.05) is 49.4 Å². The predicted molar refractivity (Wildman–Crippen MR) is 129 cm³/mol. The molecule has 1 aliphatic carbocycles. The molecule has 0 bridgehead atoms. The molecule has 2 atom stereocenters. The number of halogens is 1. The summed E-state index contributed by atoms with van der Waals surface area (Å²) in [6.45, 7) is 1.91. The summed E-state index contributed by atoms with van der Waals surface area (Å²) < 4.78 is 14.1. The minimum Gasteiger partial charge on any atom is -0.369 e. The van der Waals surface area contributed by atoms with E-state index in [1.165, 1.54) is 35.4 Å². The van der Waals surface area contributed by atoms with Gasteiger partial charge >= 0.3 is 0 Å². The third-order valence-electron chi connectivity index (χ3n) is 6.96. The highest BCUT2D eigenvalue weighted by atomic mass is 19.1. The van der Waals surface area contributed by atoms with Crippen LogP contribution in [0.5, 0.6) is 0 Å². The van der Waals surface area contributed by atoms with E-state index < -0.39 is 17.3 Å². The number of nitriles is 1. The van der Waals surface area contributed by atoms with E-state index in [0.717, 1.165) is 16.7 Å². The molecule has 1 heterocycles. The number of benzene rings is 3. The first-order valence-electron chi connectivity index (χ1n) is 11.3. The van der Waals surface area contributed by atoms with Gasteiger partial charge in [0.2, 0.25) is 5.91 Å². The van der Waals surface area contributed by atoms with Crippen molar-refractivity contribution in [1.82, 2.24) is 4.90 Å². The molecule has 0 radical (unpaired) electrons. The summed E-state index contributed by atoms with van der Waals surface area (Å²) in [5.74, 6) is -0.398. The highest BCUT2D eigenvalue weighted by molar-refractivity contribution is 6.02. The van der Waals surface area contributed by atoms with Crippen molar-refractivity contribution in [3.63, 3.8) is 0 Å². The van der Waals surface area contributed by atoms with Gasteiger partial charge in [0.25, 0.3) is 0 Å². The third-order valence-corrected chi connectivity index (χ3v) is 6.96. The highest BCUT2D eigenvalue weighted by Crippen LogP contribution is 2.46. The van der Waals surface area contributed by atoms with Crippen molar-refractivity contribution < 1.29 is 9.18 Å². The molecule has 0 spiro atoms. The summed E-state index contributed by atoms with van der Waals surface area (Å²) in [5, 5.41) is 9.24. The summed E-state index contributed by atoms with van der Waals surface area (Å²) in [4.78, 5) is 19.7. The topological polar surface area (TPSA) is 82.5 Å². The van der Waals surface area contributed by atoms with Gasteiger partial charge in [0.1, 0.15) is 11.4 Å². The molecule has 0 aromatic heterocycles. The Balaban J connectivity index is 1.62. The normalized spacial score (nSPS) is 22.3. The number of carbonyl (C=O) groups excluding carboxylic acids is 1. The van der Waals surface area contributed by atoms with Gasteiger partial charge in [-0.25, -0.2) is 9.38 Å². The van der Waals surface area contributed by atoms with Gasteiger partial charge in [-0.15, -0.1) is 0 Å². The van der Waals surface area contributed by atoms with Gasteiger partial charge in [-0.2, -0.15) is 5.26 Å². The second kappa shape index (κ2) is 8.11. The lowest BCUT2D eigenvalue weighted by molar-refractivity contribution is -0.130. The molecule has 3 aromatic rings. The lowest BCUT2D eigenvalue weighted by atomic mass is 9.73. The van der Waals surface area contributed by atoms with Crippen LogP contribution in [0.3, 0.4) is 0 Å². The zero-order chi connectivity index (χ0) is 24.0. The molecule has 3 aromatic carbocycles. The van der Waals surface area contributed by atoms with Crippen LogP contribution in [-0.2, 0) is 10.3 Å². The van der Waals surface area contributed by atoms with Crippen LogP contribution in [0, 0.1) is 17.1 Å². The Kier molecular flexibility index (Phi) is 5.21. The van der Waals surface area contributed by atoms with Crippen molar-refractivity contribution in [2.24, 2.45) is 10.7 Å². The van der Waals surface area contributed by atoms with Crippen molar-refractivity contribution in [2.45, 2.75) is 37.1 Å². The summed E-state index contributed by atoms with van der Waals surface area (Å²) in [6.07, 6.45) is 2.42. The Morgan fingerprint density at radius 1 is 1.06 bits per heavy atom. The van der Waals surface area contributed by atoms with E-state index in [4.69, 9.17) is 10.7 Å². The molecule has 170 valence electrons. The van der Waals surface area contributed by atoms with Crippen LogP contribution in [-0.4, -0.2) is 23.8 Å². The van der Waals surface area contributed by atoms with Crippen molar-refractivity contribution >= 4 is 11.9 Å². The van der Waals surface area contributed by atoms with Gasteiger partial charge in [0, 0.05) is 7.05 Å². The van der Waals surface area contributed by atoms with Crippen LogP contribution in [0.1, 0.15) is 53.9 Å². The number of guanidine groups is 1. The van der Waals surface area contributed by atoms with Crippen molar-refractivity contribution in [1.29, 1.82) is 5.26 Å². The minimum absolute atomic E-state index is 0.128. The van der Waals surface area contributed by atoms with E-state index in [-0.39, 0.29) is 17.4 Å². The Labute approximate surface area is 198 Å². The largest absolute Gasteiger partial charge is 0.369 e. The average Bonchev–Trinajstić information content (AvgIpc) is 3.68. The SMILES string of the molecule is CN1C(=O)[C@@H](c2ccc(C3CC3)cc2)[C@@](C)(c2cccc(-c3cc(F)cc(C#N)c3)c2)N=C1N. The molecule has 6 heteroatoms. The van der Waals surface area contributed by atoms with Gasteiger partial charge in [-0.1, -0.05) is 42.5 Å². The second-order valence-electron chi connectivity index (χ2n) is 9.31. The minimum atomic E-state index is -0.962. The monoisotopic (exact) mass is 452 g/mol. The Bertz CT molecular complexity index is 1350. The van der Waals surface area contributed by atoms with E-state index in [0.29, 0.717) is 11.5 Å². The molecule has 0 unspecified atom stereocenters. The number of nitrogens with two attached hydrogens (primary N) is 1. The first-order valence-corrected chi connectivity index (χ1v) is 11.3. The molecule has 0 saturated heterocycles. The molecule has 2 aliphatic rings. The quantitative estimate of drug-likeness (QED) is 0.603. The zero-order valence-electron chi connectivity index (χ0n) is 19.1. The number of amides is 1. The van der Waals surface area contributed by atoms with Gasteiger partial charge in [0.05, 0.1) is 17.6 Å². The number of hydrogen-bond acceptors (Lipinski definition) is 4. The number of hydrogen-bond donors (Lipinski definition) is 1. The summed E-state index contributed by atoms with van der Waals surface area (Å²) in [6, 6.07) is 22.0. The standard InChI is InChI=1S/C28H25FN4O/c1-28(23-5-3-4-21(14-23)22-12-17(16-30)13-24(29)15-22)25(26(34)33(2)27(31)32-28)20-10-8-19(9-11-20)18-6-7-18/h3-5,8-15,18,25H,6-7H2,1-2H3,(H2,31,32)/t25-,28-/m1/s1. The van der Waals surface area contributed by atoms with Gasteiger partial charge in [-0.3, -0.25) is 9.69 Å². The van der Waals surface area contributed by atoms with Crippen LogP contribution in [0.4, 0.5) is 4.39 Å². The molecule has 5 rings (SSSR count). The molecular formula is C28H25FN4O. The maximum atomic E-state index is 14.1. The van der Waals surface area contributed by atoms with Crippen LogP contribution in [0.25, 0.3) is 11.1 Å². The second-order valence-corrected chi connectivity index (χ2v) is 9.31. The summed E-state index contributed by atoms with van der Waals surface area (Å²) >= 11 is 0. The van der Waals surface area contributed by atoms with Crippen molar-refractivity contribution in [3.05, 3.63) is 94.8 Å². The Hall–Kier alpha value is -3.98. The first-order chi connectivity index (χ1) is 16.3. The Morgan fingerprint density at radius 3 is 2.44 bits per heavy atom. The molecule has 2 N–H and O–H groups in total. The Morgan fingerprint density at radius 2 is 1.76 bits per heavy atom. The molecular weight excluding hydrogens is 427 g/mol. The highest BCUT2D eigenvalue weighted by Gasteiger charge is 2.47. The molecule has 1 amide bonds. The lowest BCUT2D eigenvalue weighted by Gasteiger charge is -2.41. The third kappa shape index (κ3) is 3.73. The molecule has 1 saturated carbocycles. The van der Waals surface area contributed by atoms with E-state index in [2.05, 4.69) is 12.1 Å². The first kappa shape index (κ1) is 21.8. The van der Waals surface area contributed by atoms with Crippen LogP contribution in [0.15, 0.2) is 71.7 Å². The van der Waals surface area contributed by atoms with Crippen LogP contribution >= 0.6 is 0 Å². The van der Waals surface area contributed by atoms with Crippen LogP contribution < -0.4 is 5.73 Å². The fraction of sp³-hybridized carbons (Fsp3) is 0.250. The number of aliphatic imine (C=N–C) groups is 1. The van der Waals surface area contributed by atoms with E-state index in [1.54, 1.807) is 13.1 Å². The molecule has 5 nitrogen and oxygen atoms in total. The molecule has 1 aliphatic heterocycles. The predicted octanol–water partition coefficient (Wildman–Crippen LogP) is 5.03. The maximum Gasteiger partial charge on any atom is 0.239 e. The number of rotatable bonds is 4. The fourth-order valence-corrected chi connectivity index (χ4v) is 4.83. The van der Waals surface area contributed by atoms with E-state index >= 15 is 0 Å². The molecule has 34 heavy (non-hydrogen) atoms. The van der Waals surface area contributed by atoms with E-state index in [9.17, 15) is 14.4 Å². The molecule has 1 fully saturated rings. The number of nitrogens with zero attached hydrogens (tertiary/aromatic N) is 3. The number of likely N-dealkylation sites (N-methyl/N-ethyl adjacent to an activating group) is 1. The fourth-order valence-electron chi connectivity index (χ4n) is 4.83. The van der Waals surface area contributed by atoms with Gasteiger partial charge in [0.15, 0.2) is 5.96 Å². The zero-order valence-corrected chi connectivity index (χ0v) is 19.1. The summed E-state index contributed by atoms with van der Waals surface area (Å²) in [5.41, 5.74) is 9.74. The average molecular weight is 453 g/mol. The maximum absolute atomic E-state index is 14.1.